The molecule has 0 bridgehead atoms. The molecule has 0 unspecified atom stereocenters. The van der Waals surface area contributed by atoms with Gasteiger partial charge in [-0.1, -0.05) is 11.6 Å². The molecule has 1 aliphatic heterocycles. The first kappa shape index (κ1) is 15.1. The van der Waals surface area contributed by atoms with Crippen molar-refractivity contribution in [1.82, 2.24) is 4.90 Å². The summed E-state index contributed by atoms with van der Waals surface area (Å²) in [7, 11) is 0. The van der Waals surface area contributed by atoms with E-state index in [2.05, 4.69) is 20.8 Å². The number of aliphatic hydroxyl groups is 1. The second kappa shape index (κ2) is 6.44. The number of ether oxygens (including phenoxy) is 1. The number of rotatable bonds is 4. The van der Waals surface area contributed by atoms with Crippen molar-refractivity contribution in [3.63, 3.8) is 0 Å². The molecule has 19 heavy (non-hydrogen) atoms. The summed E-state index contributed by atoms with van der Waals surface area (Å²) in [6, 6.07) is 5.52. The molecule has 1 saturated heterocycles. The van der Waals surface area contributed by atoms with Crippen LogP contribution in [0.25, 0.3) is 0 Å². The van der Waals surface area contributed by atoms with Crippen LogP contribution < -0.4 is 4.74 Å². The molecule has 0 aliphatic carbocycles. The Morgan fingerprint density at radius 2 is 2.11 bits per heavy atom. The van der Waals surface area contributed by atoms with E-state index in [1.165, 1.54) is 0 Å². The number of benzene rings is 1. The number of nitrogens with zero attached hydrogens (tertiary/aromatic N) is 1. The van der Waals surface area contributed by atoms with Crippen LogP contribution in [-0.2, 0) is 0 Å². The molecule has 1 aliphatic rings. The summed E-state index contributed by atoms with van der Waals surface area (Å²) in [5, 5.41) is 10.6. The first-order valence-corrected chi connectivity index (χ1v) is 7.66. The maximum Gasteiger partial charge on any atom is 0.133 e. The van der Waals surface area contributed by atoms with Gasteiger partial charge in [0, 0.05) is 24.7 Å². The second-order valence-corrected chi connectivity index (χ2v) is 6.55. The van der Waals surface area contributed by atoms with Crippen LogP contribution in [0.5, 0.6) is 5.75 Å². The Labute approximate surface area is 127 Å². The Kier molecular flexibility index (Phi) is 5.12. The second-order valence-electron chi connectivity index (χ2n) is 5.26. The maximum absolute atomic E-state index is 9.88. The van der Waals surface area contributed by atoms with Crippen LogP contribution in [0.2, 0.25) is 5.02 Å². The highest BCUT2D eigenvalue weighted by atomic mass is 79.9. The third-order valence-corrected chi connectivity index (χ3v) is 4.35. The van der Waals surface area contributed by atoms with E-state index in [1.54, 1.807) is 0 Å². The topological polar surface area (TPSA) is 32.7 Å². The van der Waals surface area contributed by atoms with Gasteiger partial charge < -0.3 is 9.84 Å². The highest BCUT2D eigenvalue weighted by Crippen LogP contribution is 2.28. The molecule has 1 aromatic rings. The SMILES string of the molecule is CC1(O)CCN(CCOc2ccc(Cl)cc2Br)CC1. The van der Waals surface area contributed by atoms with Gasteiger partial charge in [-0.25, -0.2) is 0 Å². The lowest BCUT2D eigenvalue weighted by molar-refractivity contribution is -0.00769. The Morgan fingerprint density at radius 1 is 1.42 bits per heavy atom. The van der Waals surface area contributed by atoms with Crippen LogP contribution in [0.15, 0.2) is 22.7 Å². The van der Waals surface area contributed by atoms with E-state index >= 15 is 0 Å². The molecule has 1 aromatic carbocycles. The smallest absolute Gasteiger partial charge is 0.133 e. The Balaban J connectivity index is 1.75. The third kappa shape index (κ3) is 4.63. The molecule has 1 heterocycles. The average Bonchev–Trinajstić information content (AvgIpc) is 2.34. The van der Waals surface area contributed by atoms with Crippen molar-refractivity contribution in [2.75, 3.05) is 26.2 Å². The minimum Gasteiger partial charge on any atom is -0.491 e. The number of hydrogen-bond acceptors (Lipinski definition) is 3. The van der Waals surface area contributed by atoms with Crippen LogP contribution in [0.3, 0.4) is 0 Å². The van der Waals surface area contributed by atoms with Gasteiger partial charge in [-0.05, 0) is 53.9 Å². The molecular formula is C14H19BrClNO2. The highest BCUT2D eigenvalue weighted by Gasteiger charge is 2.26. The van der Waals surface area contributed by atoms with Gasteiger partial charge in [0.1, 0.15) is 12.4 Å². The minimum atomic E-state index is -0.490. The highest BCUT2D eigenvalue weighted by molar-refractivity contribution is 9.10. The molecule has 0 atom stereocenters. The van der Waals surface area contributed by atoms with Crippen LogP contribution in [0.1, 0.15) is 19.8 Å². The van der Waals surface area contributed by atoms with Gasteiger partial charge in [-0.2, -0.15) is 0 Å². The first-order valence-electron chi connectivity index (χ1n) is 6.49. The van der Waals surface area contributed by atoms with Gasteiger partial charge in [-0.3, -0.25) is 4.90 Å². The van der Waals surface area contributed by atoms with Gasteiger partial charge in [0.05, 0.1) is 10.1 Å². The number of hydrogen-bond donors (Lipinski definition) is 1. The Hall–Kier alpha value is -0.290. The predicted molar refractivity (Wildman–Crippen MR) is 80.9 cm³/mol. The molecule has 106 valence electrons. The van der Waals surface area contributed by atoms with Crippen LogP contribution in [0, 0.1) is 0 Å². The van der Waals surface area contributed by atoms with E-state index in [1.807, 2.05) is 25.1 Å². The average molecular weight is 349 g/mol. The molecule has 0 aromatic heterocycles. The van der Waals surface area contributed by atoms with Crippen molar-refractivity contribution < 1.29 is 9.84 Å². The maximum atomic E-state index is 9.88. The zero-order chi connectivity index (χ0) is 13.9. The van der Waals surface area contributed by atoms with Crippen LogP contribution in [0.4, 0.5) is 0 Å². The molecule has 0 spiro atoms. The molecule has 2 rings (SSSR count). The standard InChI is InChI=1S/C14H19BrClNO2/c1-14(18)4-6-17(7-5-14)8-9-19-13-3-2-11(16)10-12(13)15/h2-3,10,18H,4-9H2,1H3. The number of halogens is 2. The summed E-state index contributed by atoms with van der Waals surface area (Å²) in [5.74, 6) is 0.813. The number of likely N-dealkylation sites (tertiary alicyclic amines) is 1. The molecule has 0 amide bonds. The summed E-state index contributed by atoms with van der Waals surface area (Å²) in [6.45, 7) is 5.29. The molecular weight excluding hydrogens is 330 g/mol. The van der Waals surface area contributed by atoms with Gasteiger partial charge in [0.15, 0.2) is 0 Å². The predicted octanol–water partition coefficient (Wildman–Crippen LogP) is 3.33. The van der Waals surface area contributed by atoms with Crippen molar-refractivity contribution in [2.24, 2.45) is 0 Å². The normalized spacial score (nSPS) is 19.4. The molecule has 1 N–H and O–H groups in total. The summed E-state index contributed by atoms with van der Waals surface area (Å²) >= 11 is 9.31. The van der Waals surface area contributed by atoms with Gasteiger partial charge >= 0.3 is 0 Å². The lowest BCUT2D eigenvalue weighted by Gasteiger charge is -2.35. The Morgan fingerprint density at radius 3 is 2.74 bits per heavy atom. The quantitative estimate of drug-likeness (QED) is 0.906. The first-order chi connectivity index (χ1) is 8.96. The van der Waals surface area contributed by atoms with Crippen molar-refractivity contribution in [1.29, 1.82) is 0 Å². The lowest BCUT2D eigenvalue weighted by Crippen LogP contribution is -2.43. The van der Waals surface area contributed by atoms with Crippen molar-refractivity contribution in [3.8, 4) is 5.75 Å². The largest absolute Gasteiger partial charge is 0.491 e. The van der Waals surface area contributed by atoms with Gasteiger partial charge in [0.2, 0.25) is 0 Å². The fourth-order valence-electron chi connectivity index (χ4n) is 2.14. The summed E-state index contributed by atoms with van der Waals surface area (Å²) < 4.78 is 6.61. The lowest BCUT2D eigenvalue weighted by atomic mass is 9.94. The fraction of sp³-hybridized carbons (Fsp3) is 0.571. The molecule has 0 radical (unpaired) electrons. The Bertz CT molecular complexity index is 429. The van der Waals surface area contributed by atoms with Crippen molar-refractivity contribution in [2.45, 2.75) is 25.4 Å². The van der Waals surface area contributed by atoms with E-state index < -0.39 is 5.60 Å². The van der Waals surface area contributed by atoms with E-state index in [0.717, 1.165) is 42.7 Å². The van der Waals surface area contributed by atoms with E-state index in [0.29, 0.717) is 11.6 Å². The number of piperidine rings is 1. The zero-order valence-electron chi connectivity index (χ0n) is 11.0. The fourth-order valence-corrected chi connectivity index (χ4v) is 2.93. The zero-order valence-corrected chi connectivity index (χ0v) is 13.4. The molecule has 1 fully saturated rings. The third-order valence-electron chi connectivity index (χ3n) is 3.49. The molecule has 5 heteroatoms. The van der Waals surface area contributed by atoms with E-state index in [-0.39, 0.29) is 0 Å². The van der Waals surface area contributed by atoms with Crippen molar-refractivity contribution in [3.05, 3.63) is 27.7 Å². The molecule has 3 nitrogen and oxygen atoms in total. The minimum absolute atomic E-state index is 0.490. The summed E-state index contributed by atoms with van der Waals surface area (Å²) in [5.41, 5.74) is -0.490. The van der Waals surface area contributed by atoms with E-state index in [9.17, 15) is 5.11 Å². The molecule has 0 saturated carbocycles. The van der Waals surface area contributed by atoms with Crippen LogP contribution >= 0.6 is 27.5 Å². The summed E-state index contributed by atoms with van der Waals surface area (Å²) in [6.07, 6.45) is 1.66. The van der Waals surface area contributed by atoms with Crippen molar-refractivity contribution >= 4 is 27.5 Å². The van der Waals surface area contributed by atoms with E-state index in [4.69, 9.17) is 16.3 Å². The summed E-state index contributed by atoms with van der Waals surface area (Å²) in [4.78, 5) is 2.32. The van der Waals surface area contributed by atoms with Gasteiger partial charge in [-0.15, -0.1) is 0 Å². The van der Waals surface area contributed by atoms with Crippen LogP contribution in [-0.4, -0.2) is 41.8 Å². The monoisotopic (exact) mass is 347 g/mol. The van der Waals surface area contributed by atoms with Gasteiger partial charge in [0.25, 0.3) is 0 Å².